The molecule has 0 aliphatic heterocycles. The fourth-order valence-electron chi connectivity index (χ4n) is 3.06. The molecule has 0 aliphatic rings. The molecule has 0 saturated heterocycles. The minimum absolute atomic E-state index is 0.0274. The third-order valence-corrected chi connectivity index (χ3v) is 5.85. The van der Waals surface area contributed by atoms with Gasteiger partial charge in [0.25, 0.3) is 5.91 Å². The summed E-state index contributed by atoms with van der Waals surface area (Å²) in [4.78, 5) is 29.9. The second-order valence-electron chi connectivity index (χ2n) is 6.71. The number of aromatic nitrogens is 1. The number of fused-ring (bicyclic) bond motifs is 1. The maximum absolute atomic E-state index is 12.8. The quantitative estimate of drug-likeness (QED) is 0.445. The minimum Gasteiger partial charge on any atom is -0.497 e. The number of anilines is 2. The van der Waals surface area contributed by atoms with E-state index in [2.05, 4.69) is 10.3 Å². The van der Waals surface area contributed by atoms with Crippen LogP contribution in [0.2, 0.25) is 0 Å². The number of Topliss-reactive ketones (excluding diaryl/α,β-unsaturated/α-hetero) is 1. The van der Waals surface area contributed by atoms with E-state index in [1.165, 1.54) is 18.3 Å². The van der Waals surface area contributed by atoms with E-state index < -0.39 is 0 Å². The summed E-state index contributed by atoms with van der Waals surface area (Å²) < 4.78 is 5.19. The largest absolute Gasteiger partial charge is 0.497 e. The third-order valence-electron chi connectivity index (χ3n) is 4.74. The lowest BCUT2D eigenvalue weighted by Crippen LogP contribution is -2.12. The number of benzene rings is 2. The molecular weight excluding hydrogens is 398 g/mol. The fraction of sp³-hybridized carbons (Fsp3) is 0.0870. The molecule has 6 nitrogen and oxygen atoms in total. The van der Waals surface area contributed by atoms with E-state index in [0.717, 1.165) is 22.4 Å². The molecule has 7 heteroatoms. The number of thiophene rings is 1. The highest BCUT2D eigenvalue weighted by atomic mass is 32.1. The first kappa shape index (κ1) is 19.6. The molecule has 0 radical (unpaired) electrons. The number of methoxy groups -OCH3 is 1. The predicted molar refractivity (Wildman–Crippen MR) is 120 cm³/mol. The molecule has 2 heterocycles. The molecule has 4 aromatic rings. The van der Waals surface area contributed by atoms with Crippen molar-refractivity contribution in [2.75, 3.05) is 18.2 Å². The number of rotatable bonds is 5. The van der Waals surface area contributed by atoms with Crippen LogP contribution in [0.4, 0.5) is 11.4 Å². The van der Waals surface area contributed by atoms with Crippen molar-refractivity contribution in [1.82, 2.24) is 4.98 Å². The number of pyridine rings is 1. The second kappa shape index (κ2) is 7.96. The Morgan fingerprint density at radius 2 is 1.70 bits per heavy atom. The van der Waals surface area contributed by atoms with Crippen LogP contribution < -0.4 is 15.8 Å². The number of nitrogens with one attached hydrogen (secondary N) is 1. The predicted octanol–water partition coefficient (Wildman–Crippen LogP) is 5.01. The summed E-state index contributed by atoms with van der Waals surface area (Å²) in [5, 5.41) is 3.57. The zero-order valence-electron chi connectivity index (χ0n) is 16.4. The van der Waals surface area contributed by atoms with Gasteiger partial charge in [-0.15, -0.1) is 11.3 Å². The molecule has 1 amide bonds. The molecule has 0 saturated carbocycles. The van der Waals surface area contributed by atoms with Crippen molar-refractivity contribution in [3.8, 4) is 17.0 Å². The molecule has 0 bridgehead atoms. The Kier molecular flexibility index (Phi) is 5.20. The average Bonchev–Trinajstić information content (AvgIpc) is 3.10. The first-order chi connectivity index (χ1) is 14.5. The number of amides is 1. The topological polar surface area (TPSA) is 94.3 Å². The summed E-state index contributed by atoms with van der Waals surface area (Å²) in [6, 6.07) is 18.1. The molecule has 3 N–H and O–H groups in total. The summed E-state index contributed by atoms with van der Waals surface area (Å²) in [6.45, 7) is 1.50. The molecule has 2 aromatic heterocycles. The van der Waals surface area contributed by atoms with Gasteiger partial charge in [0, 0.05) is 22.2 Å². The van der Waals surface area contributed by atoms with Gasteiger partial charge in [-0.3, -0.25) is 9.59 Å². The van der Waals surface area contributed by atoms with Crippen LogP contribution in [0.5, 0.6) is 5.75 Å². The zero-order valence-corrected chi connectivity index (χ0v) is 17.2. The maximum atomic E-state index is 12.8. The van der Waals surface area contributed by atoms with Crippen molar-refractivity contribution in [2.24, 2.45) is 0 Å². The van der Waals surface area contributed by atoms with Crippen molar-refractivity contribution in [2.45, 2.75) is 6.92 Å². The number of carbonyl (C=O) groups is 2. The smallest absolute Gasteiger partial charge is 0.267 e. The highest BCUT2D eigenvalue weighted by Gasteiger charge is 2.18. The number of hydrogen-bond acceptors (Lipinski definition) is 6. The van der Waals surface area contributed by atoms with Gasteiger partial charge >= 0.3 is 0 Å². The number of nitrogens with two attached hydrogens (primary N) is 1. The van der Waals surface area contributed by atoms with Crippen LogP contribution in [-0.4, -0.2) is 23.8 Å². The van der Waals surface area contributed by atoms with E-state index in [-0.39, 0.29) is 11.7 Å². The van der Waals surface area contributed by atoms with Gasteiger partial charge in [0.05, 0.1) is 18.5 Å². The van der Waals surface area contributed by atoms with Crippen molar-refractivity contribution in [3.05, 3.63) is 71.1 Å². The third kappa shape index (κ3) is 3.75. The van der Waals surface area contributed by atoms with Gasteiger partial charge < -0.3 is 15.8 Å². The van der Waals surface area contributed by atoms with Crippen LogP contribution in [0, 0.1) is 0 Å². The van der Waals surface area contributed by atoms with E-state index in [4.69, 9.17) is 10.5 Å². The standard InChI is InChI=1S/C23H19N3O3S/c1-13(27)14-3-7-16(8-4-14)25-22(28)21-20(24)18-11-12-19(26-23(18)30-21)15-5-9-17(29-2)10-6-15/h3-12H,24H2,1-2H3,(H,25,28). The fourth-order valence-corrected chi connectivity index (χ4v) is 4.05. The first-order valence-electron chi connectivity index (χ1n) is 9.22. The van der Waals surface area contributed by atoms with E-state index in [9.17, 15) is 9.59 Å². The van der Waals surface area contributed by atoms with Gasteiger partial charge in [0.2, 0.25) is 0 Å². The van der Waals surface area contributed by atoms with E-state index in [1.54, 1.807) is 31.4 Å². The van der Waals surface area contributed by atoms with Gasteiger partial charge in [-0.25, -0.2) is 4.98 Å². The van der Waals surface area contributed by atoms with Crippen LogP contribution in [0.25, 0.3) is 21.5 Å². The lowest BCUT2D eigenvalue weighted by Gasteiger charge is -2.05. The van der Waals surface area contributed by atoms with Crippen molar-refractivity contribution < 1.29 is 14.3 Å². The molecule has 0 aliphatic carbocycles. The lowest BCUT2D eigenvalue weighted by molar-refractivity contribution is 0.101. The van der Waals surface area contributed by atoms with E-state index in [0.29, 0.717) is 26.6 Å². The summed E-state index contributed by atoms with van der Waals surface area (Å²) in [5.74, 6) is 0.438. The summed E-state index contributed by atoms with van der Waals surface area (Å²) in [7, 11) is 1.62. The van der Waals surface area contributed by atoms with Crippen LogP contribution in [0.3, 0.4) is 0 Å². The van der Waals surface area contributed by atoms with Crippen LogP contribution in [-0.2, 0) is 0 Å². The minimum atomic E-state index is -0.308. The number of carbonyl (C=O) groups excluding carboxylic acids is 2. The summed E-state index contributed by atoms with van der Waals surface area (Å²) in [5.41, 5.74) is 9.55. The number of ether oxygens (including phenoxy) is 1. The van der Waals surface area contributed by atoms with Gasteiger partial charge in [-0.1, -0.05) is 0 Å². The average molecular weight is 417 g/mol. The van der Waals surface area contributed by atoms with Crippen LogP contribution in [0.1, 0.15) is 27.0 Å². The van der Waals surface area contributed by atoms with Gasteiger partial charge in [0.1, 0.15) is 15.5 Å². The SMILES string of the molecule is COc1ccc(-c2ccc3c(N)c(C(=O)Nc4ccc(C(C)=O)cc4)sc3n2)cc1. The number of hydrogen-bond donors (Lipinski definition) is 2. The highest BCUT2D eigenvalue weighted by Crippen LogP contribution is 2.35. The Bertz CT molecular complexity index is 1250. The van der Waals surface area contributed by atoms with Crippen molar-refractivity contribution in [1.29, 1.82) is 0 Å². The number of nitrogen functional groups attached to an aromatic ring is 1. The van der Waals surface area contributed by atoms with Crippen molar-refractivity contribution >= 4 is 44.6 Å². The van der Waals surface area contributed by atoms with Crippen LogP contribution in [0.15, 0.2) is 60.7 Å². The van der Waals surface area contributed by atoms with Crippen molar-refractivity contribution in [3.63, 3.8) is 0 Å². The number of ketones is 1. The molecule has 0 unspecified atom stereocenters. The molecule has 0 spiro atoms. The van der Waals surface area contributed by atoms with E-state index >= 15 is 0 Å². The molecule has 30 heavy (non-hydrogen) atoms. The maximum Gasteiger partial charge on any atom is 0.267 e. The summed E-state index contributed by atoms with van der Waals surface area (Å²) >= 11 is 1.25. The monoisotopic (exact) mass is 417 g/mol. The highest BCUT2D eigenvalue weighted by molar-refractivity contribution is 7.21. The Labute approximate surface area is 177 Å². The molecule has 150 valence electrons. The zero-order chi connectivity index (χ0) is 21.3. The Balaban J connectivity index is 1.61. The molecule has 4 rings (SSSR count). The second-order valence-corrected chi connectivity index (χ2v) is 7.71. The van der Waals surface area contributed by atoms with Gasteiger partial charge in [0.15, 0.2) is 5.78 Å². The van der Waals surface area contributed by atoms with Gasteiger partial charge in [-0.05, 0) is 67.6 Å². The normalized spacial score (nSPS) is 10.7. The molecular formula is C23H19N3O3S. The Morgan fingerprint density at radius 3 is 2.33 bits per heavy atom. The van der Waals surface area contributed by atoms with Crippen LogP contribution >= 0.6 is 11.3 Å². The summed E-state index contributed by atoms with van der Waals surface area (Å²) in [6.07, 6.45) is 0. The van der Waals surface area contributed by atoms with Gasteiger partial charge in [-0.2, -0.15) is 0 Å². The Hall–Kier alpha value is -3.71. The molecule has 0 atom stereocenters. The van der Waals surface area contributed by atoms with E-state index in [1.807, 2.05) is 36.4 Å². The Morgan fingerprint density at radius 1 is 1.00 bits per heavy atom. The first-order valence-corrected chi connectivity index (χ1v) is 10.0. The molecule has 2 aromatic carbocycles. The number of nitrogens with zero attached hydrogens (tertiary/aromatic N) is 1. The molecule has 0 fully saturated rings. The lowest BCUT2D eigenvalue weighted by atomic mass is 10.1.